The van der Waals surface area contributed by atoms with E-state index in [0.29, 0.717) is 0 Å². The minimum Gasteiger partial charge on any atom is -0.467 e. The topological polar surface area (TPSA) is 129 Å². The number of ether oxygens (including phenoxy) is 4. The van der Waals surface area contributed by atoms with Gasteiger partial charge in [-0.2, -0.15) is 0 Å². The molecule has 2 atom stereocenters. The monoisotopic (exact) mass is 599 g/mol. The van der Waals surface area contributed by atoms with Crippen LogP contribution < -0.4 is 10.6 Å². The molecule has 2 aromatic carbocycles. The van der Waals surface area contributed by atoms with Gasteiger partial charge in [0.15, 0.2) is 0 Å². The molecule has 10 nitrogen and oxygen atoms in total. The number of methoxy groups -OCH3 is 2. The van der Waals surface area contributed by atoms with Crippen molar-refractivity contribution in [3.63, 3.8) is 0 Å². The summed E-state index contributed by atoms with van der Waals surface area (Å²) < 4.78 is 19.8. The Balaban J connectivity index is 0.00000684. The number of amides is 2. The Morgan fingerprint density at radius 2 is 1.03 bits per heavy atom. The van der Waals surface area contributed by atoms with Gasteiger partial charge in [0.1, 0.15) is 25.3 Å². The van der Waals surface area contributed by atoms with Crippen molar-refractivity contribution in [2.75, 3.05) is 25.7 Å². The van der Waals surface area contributed by atoms with Gasteiger partial charge >= 0.3 is 24.1 Å². The fraction of sp³-hybridized carbons (Fsp3) is 0.333. The summed E-state index contributed by atoms with van der Waals surface area (Å²) in [6.07, 6.45) is -1.54. The van der Waals surface area contributed by atoms with Gasteiger partial charge in [-0.1, -0.05) is 82.3 Å². The molecule has 0 aliphatic carbocycles. The van der Waals surface area contributed by atoms with Crippen molar-refractivity contribution in [1.29, 1.82) is 0 Å². The number of carbonyl (C=O) groups excluding carboxylic acids is 4. The van der Waals surface area contributed by atoms with Crippen molar-refractivity contribution in [3.8, 4) is 0 Å². The Bertz CT molecular complexity index is 906. The molecule has 37 heavy (non-hydrogen) atoms. The zero-order chi connectivity index (χ0) is 26.2. The molecule has 0 unspecified atom stereocenters. The smallest absolute Gasteiger partial charge is 0.408 e. The fourth-order valence-corrected chi connectivity index (χ4v) is 4.97. The Hall–Kier alpha value is -2.86. The van der Waals surface area contributed by atoms with E-state index in [1.54, 1.807) is 24.3 Å². The molecule has 0 aromatic heterocycles. The molecule has 2 amide bonds. The van der Waals surface area contributed by atoms with Crippen LogP contribution in [0.25, 0.3) is 0 Å². The number of hydrogen-bond acceptors (Lipinski definition) is 10. The van der Waals surface area contributed by atoms with Crippen LogP contribution in [0.3, 0.4) is 0 Å². The summed E-state index contributed by atoms with van der Waals surface area (Å²) in [7, 11) is 4.82. The van der Waals surface area contributed by atoms with E-state index in [-0.39, 0.29) is 41.8 Å². The first-order valence-electron chi connectivity index (χ1n) is 10.8. The average Bonchev–Trinajstić information content (AvgIpc) is 2.91. The van der Waals surface area contributed by atoms with Crippen LogP contribution in [0.15, 0.2) is 60.7 Å². The third-order valence-electron chi connectivity index (χ3n) is 4.53. The first-order chi connectivity index (χ1) is 17.4. The standard InChI is InChI=1S/C24H28N2O8S2.Cu/c1-31-21(27)19(25-23(29)33-13-17-9-5-3-6-10-17)15-35-36-16-20(22(28)32-2)26-24(30)34-14-18-11-7-4-8-12-18;/h3-12,19-20H,13-16H2,1-2H3,(H,25,29)(H,26,30);/t19-,20-;/m0./s1. The molecule has 2 aromatic rings. The van der Waals surface area contributed by atoms with Gasteiger partial charge < -0.3 is 29.6 Å². The Morgan fingerprint density at radius 1 is 0.676 bits per heavy atom. The van der Waals surface area contributed by atoms with Crippen LogP contribution in [0, 0.1) is 0 Å². The summed E-state index contributed by atoms with van der Waals surface area (Å²) in [5.41, 5.74) is 1.60. The summed E-state index contributed by atoms with van der Waals surface area (Å²) in [5.74, 6) is -1.03. The Kier molecular flexibility index (Phi) is 16.0. The van der Waals surface area contributed by atoms with Crippen LogP contribution in [-0.2, 0) is 58.8 Å². The molecular weight excluding hydrogens is 572 g/mol. The fourth-order valence-electron chi connectivity index (χ4n) is 2.67. The quantitative estimate of drug-likeness (QED) is 0.116. The van der Waals surface area contributed by atoms with Gasteiger partial charge in [0.05, 0.1) is 14.2 Å². The summed E-state index contributed by atoms with van der Waals surface area (Å²) >= 11 is 0. The largest absolute Gasteiger partial charge is 0.467 e. The van der Waals surface area contributed by atoms with Crippen molar-refractivity contribution in [1.82, 2.24) is 10.6 Å². The molecule has 0 aliphatic rings. The number of alkyl carbamates (subject to hydrolysis) is 2. The minimum atomic E-state index is -0.976. The van der Waals surface area contributed by atoms with E-state index in [1.165, 1.54) is 35.8 Å². The van der Waals surface area contributed by atoms with E-state index in [2.05, 4.69) is 10.6 Å². The summed E-state index contributed by atoms with van der Waals surface area (Å²) in [6.45, 7) is 0.102. The maximum absolute atomic E-state index is 12.1. The second kappa shape index (κ2) is 18.4. The van der Waals surface area contributed by atoms with E-state index in [0.717, 1.165) is 11.1 Å². The van der Waals surface area contributed by atoms with Gasteiger partial charge in [-0.15, -0.1) is 0 Å². The molecule has 0 saturated carbocycles. The molecule has 0 aliphatic heterocycles. The first kappa shape index (κ1) is 32.2. The Labute approximate surface area is 233 Å². The number of benzene rings is 2. The third-order valence-corrected chi connectivity index (χ3v) is 6.96. The molecule has 0 bridgehead atoms. The van der Waals surface area contributed by atoms with Crippen LogP contribution in [-0.4, -0.2) is 61.9 Å². The van der Waals surface area contributed by atoms with E-state index < -0.39 is 36.2 Å². The van der Waals surface area contributed by atoms with Gasteiger partial charge in [-0.3, -0.25) is 0 Å². The minimum absolute atomic E-state index is 0. The van der Waals surface area contributed by atoms with E-state index in [4.69, 9.17) is 18.9 Å². The summed E-state index contributed by atoms with van der Waals surface area (Å²) in [5, 5.41) is 4.95. The predicted molar refractivity (Wildman–Crippen MR) is 136 cm³/mol. The average molecular weight is 600 g/mol. The molecule has 0 heterocycles. The number of rotatable bonds is 13. The van der Waals surface area contributed by atoms with Gasteiger partial charge in [-0.25, -0.2) is 19.2 Å². The number of esters is 2. The summed E-state index contributed by atoms with van der Waals surface area (Å²) in [6, 6.07) is 16.2. The predicted octanol–water partition coefficient (Wildman–Crippen LogP) is 3.30. The molecule has 0 saturated heterocycles. The van der Waals surface area contributed by atoms with E-state index in [9.17, 15) is 19.2 Å². The third kappa shape index (κ3) is 12.8. The number of carbonyl (C=O) groups is 4. The molecule has 0 spiro atoms. The van der Waals surface area contributed by atoms with Crippen LogP contribution in [0.5, 0.6) is 0 Å². The number of hydrogen-bond donors (Lipinski definition) is 2. The SMILES string of the molecule is COC(=O)[C@H](CSSC[C@H](NC(=O)OCc1ccccc1)C(=O)OC)NC(=O)OCc1ccccc1.[Cu]. The van der Waals surface area contributed by atoms with Crippen molar-refractivity contribution in [2.45, 2.75) is 25.3 Å². The zero-order valence-corrected chi connectivity index (χ0v) is 22.7. The summed E-state index contributed by atoms with van der Waals surface area (Å²) in [4.78, 5) is 48.4. The molecule has 2 rings (SSSR count). The second-order valence-corrected chi connectivity index (χ2v) is 9.68. The second-order valence-electron chi connectivity index (χ2n) is 7.13. The molecule has 2 N–H and O–H groups in total. The zero-order valence-electron chi connectivity index (χ0n) is 20.1. The molecule has 205 valence electrons. The normalized spacial score (nSPS) is 11.6. The van der Waals surface area contributed by atoms with Gasteiger partial charge in [0, 0.05) is 28.6 Å². The molecular formula is C24H28CuN2O8S2. The maximum atomic E-state index is 12.1. The Morgan fingerprint density at radius 3 is 1.35 bits per heavy atom. The molecule has 0 fully saturated rings. The molecule has 1 radical (unpaired) electrons. The van der Waals surface area contributed by atoms with Crippen molar-refractivity contribution in [3.05, 3.63) is 71.8 Å². The van der Waals surface area contributed by atoms with Crippen molar-refractivity contribution < 1.29 is 55.2 Å². The van der Waals surface area contributed by atoms with Crippen LogP contribution in [0.2, 0.25) is 0 Å². The van der Waals surface area contributed by atoms with Crippen molar-refractivity contribution >= 4 is 45.7 Å². The number of nitrogens with one attached hydrogen (secondary N) is 2. The van der Waals surface area contributed by atoms with Gasteiger partial charge in [-0.05, 0) is 11.1 Å². The van der Waals surface area contributed by atoms with Crippen LogP contribution >= 0.6 is 21.6 Å². The maximum Gasteiger partial charge on any atom is 0.408 e. The molecule has 13 heteroatoms. The van der Waals surface area contributed by atoms with E-state index >= 15 is 0 Å². The van der Waals surface area contributed by atoms with Gasteiger partial charge in [0.25, 0.3) is 0 Å². The van der Waals surface area contributed by atoms with Crippen LogP contribution in [0.1, 0.15) is 11.1 Å². The first-order valence-corrected chi connectivity index (χ1v) is 13.3. The van der Waals surface area contributed by atoms with Crippen molar-refractivity contribution in [2.24, 2.45) is 0 Å². The van der Waals surface area contributed by atoms with Gasteiger partial charge in [0.2, 0.25) is 0 Å². The van der Waals surface area contributed by atoms with E-state index in [1.807, 2.05) is 36.4 Å². The van der Waals surface area contributed by atoms with Crippen LogP contribution in [0.4, 0.5) is 9.59 Å².